The second-order valence-corrected chi connectivity index (χ2v) is 7.56. The molecule has 0 aliphatic heterocycles. The number of hydrogen-bond acceptors (Lipinski definition) is 5. The summed E-state index contributed by atoms with van der Waals surface area (Å²) in [5, 5.41) is 18.6. The molecule has 0 saturated carbocycles. The van der Waals surface area contributed by atoms with Gasteiger partial charge in [0.2, 0.25) is 0 Å². The molecule has 31 heavy (non-hydrogen) atoms. The van der Waals surface area contributed by atoms with E-state index in [4.69, 9.17) is 4.74 Å². The highest BCUT2D eigenvalue weighted by atomic mass is 16.5. The third kappa shape index (κ3) is 4.41. The fourth-order valence-electron chi connectivity index (χ4n) is 3.41. The number of nitrogens with one attached hydrogen (secondary N) is 1. The SMILES string of the molecule is CC(C)Oc1ccc(C(=O)Nc2cc3cc(-c4cnn(C)c4CO)ccc3cn2)cc1. The summed E-state index contributed by atoms with van der Waals surface area (Å²) in [4.78, 5) is 17.0. The van der Waals surface area contributed by atoms with Crippen LogP contribution in [0.25, 0.3) is 21.9 Å². The zero-order valence-electron chi connectivity index (χ0n) is 17.7. The summed E-state index contributed by atoms with van der Waals surface area (Å²) in [6.07, 6.45) is 3.54. The molecule has 2 heterocycles. The zero-order valence-corrected chi connectivity index (χ0v) is 17.7. The van der Waals surface area contributed by atoms with Gasteiger partial charge < -0.3 is 15.2 Å². The minimum atomic E-state index is -0.242. The van der Waals surface area contributed by atoms with Gasteiger partial charge in [0.05, 0.1) is 24.6 Å². The van der Waals surface area contributed by atoms with Crippen molar-refractivity contribution < 1.29 is 14.6 Å². The third-order valence-corrected chi connectivity index (χ3v) is 4.97. The molecule has 7 heteroatoms. The zero-order chi connectivity index (χ0) is 22.0. The van der Waals surface area contributed by atoms with Gasteiger partial charge in [-0.2, -0.15) is 5.10 Å². The van der Waals surface area contributed by atoms with Crippen LogP contribution in [-0.2, 0) is 13.7 Å². The first kappa shape index (κ1) is 20.6. The second kappa shape index (κ2) is 8.57. The maximum atomic E-state index is 12.6. The van der Waals surface area contributed by atoms with Crippen LogP contribution in [0.5, 0.6) is 5.75 Å². The number of nitrogens with zero attached hydrogens (tertiary/aromatic N) is 3. The van der Waals surface area contributed by atoms with Gasteiger partial charge in [-0.1, -0.05) is 12.1 Å². The Hall–Kier alpha value is -3.71. The fourth-order valence-corrected chi connectivity index (χ4v) is 3.41. The molecule has 2 aromatic heterocycles. The molecule has 1 amide bonds. The van der Waals surface area contributed by atoms with Gasteiger partial charge in [-0.25, -0.2) is 4.98 Å². The van der Waals surface area contributed by atoms with Gasteiger partial charge in [-0.15, -0.1) is 0 Å². The van der Waals surface area contributed by atoms with Gasteiger partial charge in [0, 0.05) is 29.8 Å². The van der Waals surface area contributed by atoms with Crippen LogP contribution in [0, 0.1) is 0 Å². The standard InChI is InChI=1S/C24H24N4O3/c1-15(2)31-20-8-6-16(7-9-20)24(30)27-23-11-19-10-17(4-5-18(19)12-25-23)21-13-26-28(3)22(21)14-29/h4-13,15,29H,14H2,1-3H3,(H,25,27,30). The Morgan fingerprint density at radius 1 is 1.10 bits per heavy atom. The van der Waals surface area contributed by atoms with Gasteiger partial charge in [0.15, 0.2) is 0 Å². The molecule has 0 atom stereocenters. The largest absolute Gasteiger partial charge is 0.491 e. The van der Waals surface area contributed by atoms with E-state index in [1.807, 2.05) is 38.1 Å². The van der Waals surface area contributed by atoms with Crippen molar-refractivity contribution in [1.29, 1.82) is 0 Å². The fraction of sp³-hybridized carbons (Fsp3) is 0.208. The maximum absolute atomic E-state index is 12.6. The summed E-state index contributed by atoms with van der Waals surface area (Å²) in [6, 6.07) is 14.8. The lowest BCUT2D eigenvalue weighted by atomic mass is 10.0. The number of aliphatic hydroxyl groups excluding tert-OH is 1. The van der Waals surface area contributed by atoms with E-state index in [0.29, 0.717) is 11.4 Å². The average Bonchev–Trinajstić information content (AvgIpc) is 3.13. The Balaban J connectivity index is 1.57. The molecule has 0 fully saturated rings. The van der Waals surface area contributed by atoms with Crippen molar-refractivity contribution in [2.24, 2.45) is 7.05 Å². The maximum Gasteiger partial charge on any atom is 0.256 e. The van der Waals surface area contributed by atoms with E-state index in [1.165, 1.54) is 0 Å². The highest BCUT2D eigenvalue weighted by molar-refractivity contribution is 6.04. The average molecular weight is 416 g/mol. The Labute approximate surface area is 180 Å². The number of hydrogen-bond donors (Lipinski definition) is 2. The summed E-state index contributed by atoms with van der Waals surface area (Å²) in [6.45, 7) is 3.81. The number of benzene rings is 2. The lowest BCUT2D eigenvalue weighted by molar-refractivity contribution is 0.102. The van der Waals surface area contributed by atoms with Crippen molar-refractivity contribution in [2.75, 3.05) is 5.32 Å². The Kier molecular flexibility index (Phi) is 5.68. The molecule has 0 saturated heterocycles. The molecule has 2 N–H and O–H groups in total. The molecule has 0 aliphatic carbocycles. The van der Waals surface area contributed by atoms with Crippen LogP contribution >= 0.6 is 0 Å². The minimum Gasteiger partial charge on any atom is -0.491 e. The minimum absolute atomic E-state index is 0.0755. The first-order chi connectivity index (χ1) is 14.9. The summed E-state index contributed by atoms with van der Waals surface area (Å²) in [7, 11) is 1.80. The van der Waals surface area contributed by atoms with Crippen molar-refractivity contribution in [1.82, 2.24) is 14.8 Å². The molecule has 0 spiro atoms. The number of fused-ring (bicyclic) bond motifs is 1. The van der Waals surface area contributed by atoms with E-state index >= 15 is 0 Å². The van der Waals surface area contributed by atoms with Crippen LogP contribution in [0.15, 0.2) is 60.9 Å². The Bertz CT molecular complexity index is 1230. The van der Waals surface area contributed by atoms with Gasteiger partial charge in [-0.3, -0.25) is 9.48 Å². The van der Waals surface area contributed by atoms with Crippen molar-refractivity contribution in [3.05, 3.63) is 72.2 Å². The molecule has 0 aliphatic rings. The van der Waals surface area contributed by atoms with E-state index < -0.39 is 0 Å². The van der Waals surface area contributed by atoms with Crippen LogP contribution in [0.1, 0.15) is 29.9 Å². The number of amides is 1. The van der Waals surface area contributed by atoms with Crippen LogP contribution in [-0.4, -0.2) is 31.9 Å². The number of carbonyl (C=O) groups excluding carboxylic acids is 1. The van der Waals surface area contributed by atoms with Crippen LogP contribution in [0.2, 0.25) is 0 Å². The predicted molar refractivity (Wildman–Crippen MR) is 120 cm³/mol. The molecule has 4 aromatic rings. The first-order valence-corrected chi connectivity index (χ1v) is 10.0. The molecule has 7 nitrogen and oxygen atoms in total. The lowest BCUT2D eigenvalue weighted by Crippen LogP contribution is -2.13. The monoisotopic (exact) mass is 416 g/mol. The number of ether oxygens (including phenoxy) is 1. The number of carbonyl (C=O) groups is 1. The molecule has 0 unspecified atom stereocenters. The number of rotatable bonds is 6. The summed E-state index contributed by atoms with van der Waals surface area (Å²) in [5.74, 6) is 0.945. The number of aromatic nitrogens is 3. The normalized spacial score (nSPS) is 11.1. The van der Waals surface area contributed by atoms with Crippen molar-refractivity contribution in [3.63, 3.8) is 0 Å². The molecular weight excluding hydrogens is 392 g/mol. The Morgan fingerprint density at radius 3 is 2.58 bits per heavy atom. The third-order valence-electron chi connectivity index (χ3n) is 4.97. The van der Waals surface area contributed by atoms with Crippen LogP contribution < -0.4 is 10.1 Å². The molecule has 0 radical (unpaired) electrons. The second-order valence-electron chi connectivity index (χ2n) is 7.56. The van der Waals surface area contributed by atoms with Gasteiger partial charge in [0.1, 0.15) is 11.6 Å². The van der Waals surface area contributed by atoms with Gasteiger partial charge in [-0.05, 0) is 61.2 Å². The van der Waals surface area contributed by atoms with E-state index in [0.717, 1.165) is 33.3 Å². The Morgan fingerprint density at radius 2 is 1.87 bits per heavy atom. The van der Waals surface area contributed by atoms with Gasteiger partial charge >= 0.3 is 0 Å². The van der Waals surface area contributed by atoms with Crippen molar-refractivity contribution >= 4 is 22.5 Å². The highest BCUT2D eigenvalue weighted by Crippen LogP contribution is 2.28. The highest BCUT2D eigenvalue weighted by Gasteiger charge is 2.12. The number of aryl methyl sites for hydroxylation is 1. The first-order valence-electron chi connectivity index (χ1n) is 10.0. The molecule has 0 bridgehead atoms. The molecule has 2 aromatic carbocycles. The summed E-state index contributed by atoms with van der Waals surface area (Å²) >= 11 is 0. The van der Waals surface area contributed by atoms with E-state index in [1.54, 1.807) is 48.4 Å². The molecule has 158 valence electrons. The smallest absolute Gasteiger partial charge is 0.256 e. The number of anilines is 1. The quantitative estimate of drug-likeness (QED) is 0.492. The van der Waals surface area contributed by atoms with Gasteiger partial charge in [0.25, 0.3) is 5.91 Å². The van der Waals surface area contributed by atoms with E-state index in [9.17, 15) is 9.90 Å². The van der Waals surface area contributed by atoms with Crippen molar-refractivity contribution in [3.8, 4) is 16.9 Å². The predicted octanol–water partition coefficient (Wildman–Crippen LogP) is 4.17. The lowest BCUT2D eigenvalue weighted by Gasteiger charge is -2.10. The van der Waals surface area contributed by atoms with Crippen molar-refractivity contribution in [2.45, 2.75) is 26.6 Å². The topological polar surface area (TPSA) is 89.3 Å². The number of aliphatic hydroxyl groups is 1. The molecule has 4 rings (SSSR count). The van der Waals surface area contributed by atoms with Crippen LogP contribution in [0.3, 0.4) is 0 Å². The number of pyridine rings is 1. The molecular formula is C24H24N4O3. The van der Waals surface area contributed by atoms with Crippen LogP contribution in [0.4, 0.5) is 5.82 Å². The van der Waals surface area contributed by atoms with E-state index in [-0.39, 0.29) is 18.6 Å². The summed E-state index contributed by atoms with van der Waals surface area (Å²) < 4.78 is 7.28. The summed E-state index contributed by atoms with van der Waals surface area (Å²) in [5.41, 5.74) is 3.08. The van der Waals surface area contributed by atoms with E-state index in [2.05, 4.69) is 15.4 Å².